The van der Waals surface area contributed by atoms with Gasteiger partial charge in [0.2, 0.25) is 0 Å². The summed E-state index contributed by atoms with van der Waals surface area (Å²) in [4.78, 5) is 39.6. The lowest BCUT2D eigenvalue weighted by Crippen LogP contribution is -2.32. The first-order valence-corrected chi connectivity index (χ1v) is 11.4. The Morgan fingerprint density at radius 2 is 1.74 bits per heavy atom. The van der Waals surface area contributed by atoms with Crippen molar-refractivity contribution in [2.24, 2.45) is 0 Å². The van der Waals surface area contributed by atoms with Gasteiger partial charge in [0.1, 0.15) is 16.5 Å². The molecule has 0 aliphatic carbocycles. The maximum absolute atomic E-state index is 13.2. The van der Waals surface area contributed by atoms with Crippen LogP contribution in [0.15, 0.2) is 83.5 Å². The summed E-state index contributed by atoms with van der Waals surface area (Å²) in [6, 6.07) is 21.7. The Kier molecular flexibility index (Phi) is 7.17. The molecule has 0 radical (unpaired) electrons. The number of ether oxygens (including phenoxy) is 1. The van der Waals surface area contributed by atoms with E-state index >= 15 is 0 Å². The van der Waals surface area contributed by atoms with Crippen molar-refractivity contribution in [3.05, 3.63) is 100 Å². The number of carbonyl (C=O) groups excluding carboxylic acids is 3. The highest BCUT2D eigenvalue weighted by molar-refractivity contribution is 6.53. The van der Waals surface area contributed by atoms with E-state index in [9.17, 15) is 14.4 Å². The largest absolute Gasteiger partial charge is 0.495 e. The molecule has 3 aromatic carbocycles. The van der Waals surface area contributed by atoms with Crippen LogP contribution in [0.4, 0.5) is 11.4 Å². The van der Waals surface area contributed by atoms with Crippen LogP contribution in [-0.4, -0.2) is 31.4 Å². The first-order valence-electron chi connectivity index (χ1n) is 11.0. The number of carbonyl (C=O) groups is 3. The van der Waals surface area contributed by atoms with Gasteiger partial charge < -0.3 is 15.4 Å². The molecule has 2 N–H and O–H groups in total. The maximum atomic E-state index is 13.2. The molecule has 0 unspecified atom stereocenters. The van der Waals surface area contributed by atoms with Gasteiger partial charge in [0, 0.05) is 17.8 Å². The molecule has 0 bridgehead atoms. The van der Waals surface area contributed by atoms with E-state index in [1.807, 2.05) is 43.3 Å². The molecule has 0 aromatic heterocycles. The Labute approximate surface area is 208 Å². The average molecular weight is 490 g/mol. The second kappa shape index (κ2) is 10.4. The monoisotopic (exact) mass is 489 g/mol. The van der Waals surface area contributed by atoms with Crippen molar-refractivity contribution >= 4 is 40.7 Å². The SMILES string of the molecule is COc1ccc(C)cc1N1C(=O)C(Cl)=C(Nc2cccc(C(=O)NCCc3ccccc3)c2)C1=O. The molecule has 178 valence electrons. The molecule has 7 nitrogen and oxygen atoms in total. The molecule has 35 heavy (non-hydrogen) atoms. The van der Waals surface area contributed by atoms with Crippen LogP contribution in [0.5, 0.6) is 5.75 Å². The predicted molar refractivity (Wildman–Crippen MR) is 136 cm³/mol. The Hall–Kier alpha value is -4.10. The van der Waals surface area contributed by atoms with Crippen LogP contribution in [-0.2, 0) is 16.0 Å². The van der Waals surface area contributed by atoms with Crippen molar-refractivity contribution in [3.63, 3.8) is 0 Å². The van der Waals surface area contributed by atoms with Crippen molar-refractivity contribution < 1.29 is 19.1 Å². The summed E-state index contributed by atoms with van der Waals surface area (Å²) in [5.74, 6) is -1.14. The molecule has 1 aliphatic heterocycles. The standard InChI is InChI=1S/C27H24ClN3O4/c1-17-11-12-22(35-2)21(15-17)31-26(33)23(28)24(27(31)34)30-20-10-6-9-19(16-20)25(32)29-14-13-18-7-4-3-5-8-18/h3-12,15-16,30H,13-14H2,1-2H3,(H,29,32). The summed E-state index contributed by atoms with van der Waals surface area (Å²) in [5.41, 5.74) is 3.08. The van der Waals surface area contributed by atoms with E-state index < -0.39 is 11.8 Å². The molecule has 4 rings (SSSR count). The quantitative estimate of drug-likeness (QED) is 0.457. The van der Waals surface area contributed by atoms with Crippen molar-refractivity contribution in [2.75, 3.05) is 23.9 Å². The van der Waals surface area contributed by atoms with Crippen LogP contribution in [0.25, 0.3) is 0 Å². The highest BCUT2D eigenvalue weighted by Gasteiger charge is 2.40. The van der Waals surface area contributed by atoms with Crippen molar-refractivity contribution in [3.8, 4) is 5.75 Å². The molecule has 0 fully saturated rings. The zero-order valence-electron chi connectivity index (χ0n) is 19.3. The van der Waals surface area contributed by atoms with Crippen LogP contribution in [0, 0.1) is 6.92 Å². The normalized spacial score (nSPS) is 13.3. The van der Waals surface area contributed by atoms with E-state index in [0.29, 0.717) is 35.7 Å². The van der Waals surface area contributed by atoms with Crippen LogP contribution < -0.4 is 20.3 Å². The van der Waals surface area contributed by atoms with E-state index in [4.69, 9.17) is 16.3 Å². The number of rotatable bonds is 8. The number of imide groups is 1. The van der Waals surface area contributed by atoms with Gasteiger partial charge in [-0.1, -0.05) is 54.1 Å². The minimum atomic E-state index is -0.655. The molecule has 1 heterocycles. The second-order valence-corrected chi connectivity index (χ2v) is 8.39. The van der Waals surface area contributed by atoms with Gasteiger partial charge in [0.05, 0.1) is 12.8 Å². The number of anilines is 2. The van der Waals surface area contributed by atoms with Gasteiger partial charge in [0.25, 0.3) is 17.7 Å². The van der Waals surface area contributed by atoms with Crippen LogP contribution in [0.3, 0.4) is 0 Å². The minimum absolute atomic E-state index is 0.0677. The van der Waals surface area contributed by atoms with Gasteiger partial charge in [-0.15, -0.1) is 0 Å². The summed E-state index contributed by atoms with van der Waals surface area (Å²) in [5, 5.41) is 5.57. The van der Waals surface area contributed by atoms with E-state index in [0.717, 1.165) is 16.0 Å². The fourth-order valence-electron chi connectivity index (χ4n) is 3.75. The van der Waals surface area contributed by atoms with E-state index in [2.05, 4.69) is 10.6 Å². The number of hydrogen-bond acceptors (Lipinski definition) is 5. The average Bonchev–Trinajstić information content (AvgIpc) is 3.07. The molecule has 3 amide bonds. The number of nitrogens with one attached hydrogen (secondary N) is 2. The maximum Gasteiger partial charge on any atom is 0.283 e. The van der Waals surface area contributed by atoms with Gasteiger partial charge in [-0.05, 0) is 54.8 Å². The van der Waals surface area contributed by atoms with E-state index in [1.165, 1.54) is 7.11 Å². The first kappa shape index (κ1) is 24.0. The molecule has 8 heteroatoms. The molecule has 0 spiro atoms. The Bertz CT molecular complexity index is 1320. The van der Waals surface area contributed by atoms with Crippen molar-refractivity contribution in [1.29, 1.82) is 0 Å². The lowest BCUT2D eigenvalue weighted by molar-refractivity contribution is -0.120. The number of amides is 3. The fourth-order valence-corrected chi connectivity index (χ4v) is 3.97. The summed E-state index contributed by atoms with van der Waals surface area (Å²) in [6.07, 6.45) is 0.710. The van der Waals surface area contributed by atoms with Gasteiger partial charge in [-0.2, -0.15) is 0 Å². The third-order valence-electron chi connectivity index (χ3n) is 5.54. The smallest absolute Gasteiger partial charge is 0.283 e. The fraction of sp³-hybridized carbons (Fsp3) is 0.148. The Balaban J connectivity index is 1.48. The second-order valence-electron chi connectivity index (χ2n) is 8.01. The summed E-state index contributed by atoms with van der Waals surface area (Å²) in [7, 11) is 1.46. The number of methoxy groups -OCH3 is 1. The predicted octanol–water partition coefficient (Wildman–Crippen LogP) is 4.41. The van der Waals surface area contributed by atoms with Gasteiger partial charge in [0.15, 0.2) is 0 Å². The van der Waals surface area contributed by atoms with Crippen molar-refractivity contribution in [2.45, 2.75) is 13.3 Å². The number of aryl methyl sites for hydroxylation is 1. The highest BCUT2D eigenvalue weighted by Crippen LogP contribution is 2.36. The molecule has 0 atom stereocenters. The molecule has 1 aliphatic rings. The van der Waals surface area contributed by atoms with Gasteiger partial charge in [-0.25, -0.2) is 4.90 Å². The van der Waals surface area contributed by atoms with Crippen LogP contribution in [0.1, 0.15) is 21.5 Å². The molecular formula is C27H24ClN3O4. The number of halogens is 1. The van der Waals surface area contributed by atoms with Gasteiger partial charge in [-0.3, -0.25) is 14.4 Å². The zero-order valence-corrected chi connectivity index (χ0v) is 20.1. The number of benzene rings is 3. The number of hydrogen-bond donors (Lipinski definition) is 2. The van der Waals surface area contributed by atoms with Crippen molar-refractivity contribution in [1.82, 2.24) is 5.32 Å². The zero-order chi connectivity index (χ0) is 24.9. The lowest BCUT2D eigenvalue weighted by Gasteiger charge is -2.18. The Morgan fingerprint density at radius 1 is 0.971 bits per heavy atom. The van der Waals surface area contributed by atoms with E-state index in [1.54, 1.807) is 36.4 Å². The lowest BCUT2D eigenvalue weighted by atomic mass is 10.1. The highest BCUT2D eigenvalue weighted by atomic mass is 35.5. The van der Waals surface area contributed by atoms with Crippen LogP contribution >= 0.6 is 11.6 Å². The summed E-state index contributed by atoms with van der Waals surface area (Å²) < 4.78 is 5.33. The molecular weight excluding hydrogens is 466 g/mol. The third-order valence-corrected chi connectivity index (χ3v) is 5.89. The topological polar surface area (TPSA) is 87.7 Å². The summed E-state index contributed by atoms with van der Waals surface area (Å²) >= 11 is 6.27. The van der Waals surface area contributed by atoms with E-state index in [-0.39, 0.29) is 16.6 Å². The Morgan fingerprint density at radius 3 is 2.49 bits per heavy atom. The summed E-state index contributed by atoms with van der Waals surface area (Å²) in [6.45, 7) is 2.33. The van der Waals surface area contributed by atoms with Gasteiger partial charge >= 0.3 is 0 Å². The van der Waals surface area contributed by atoms with Crippen LogP contribution in [0.2, 0.25) is 0 Å². The third kappa shape index (κ3) is 5.20. The first-order chi connectivity index (χ1) is 16.9. The minimum Gasteiger partial charge on any atom is -0.495 e. The molecule has 0 saturated heterocycles. The molecule has 0 saturated carbocycles. The molecule has 3 aromatic rings. The number of nitrogens with zero attached hydrogens (tertiary/aromatic N) is 1.